The number of hydrogen-bond acceptors (Lipinski definition) is 12. The van der Waals surface area contributed by atoms with E-state index < -0.39 is 12.1 Å². The van der Waals surface area contributed by atoms with Crippen LogP contribution in [0.25, 0.3) is 11.1 Å². The fourth-order valence-corrected chi connectivity index (χ4v) is 10.1. The monoisotopic (exact) mass is 952 g/mol. The van der Waals surface area contributed by atoms with E-state index in [1.54, 1.807) is 67.9 Å². The van der Waals surface area contributed by atoms with Crippen LogP contribution in [-0.2, 0) is 25.6 Å². The number of amides is 3. The van der Waals surface area contributed by atoms with E-state index in [1.165, 1.54) is 11.3 Å². The van der Waals surface area contributed by atoms with Crippen molar-refractivity contribution in [3.05, 3.63) is 128 Å². The van der Waals surface area contributed by atoms with Crippen LogP contribution in [0.2, 0.25) is 0 Å². The molecule has 3 aromatic carbocycles. The lowest BCUT2D eigenvalue weighted by Gasteiger charge is -2.35. The van der Waals surface area contributed by atoms with Crippen molar-refractivity contribution in [2.24, 2.45) is 5.92 Å². The van der Waals surface area contributed by atoms with Crippen molar-refractivity contribution in [2.75, 3.05) is 46.8 Å². The van der Waals surface area contributed by atoms with Gasteiger partial charge in [-0.3, -0.25) is 19.2 Å². The standard InChI is InChI=1S/C53H60N8O7S/c1-34(56-4)50(63)59-48(40-10-6-5-7-11-40)53(65)60-24-9-14-46(60)52-58-45(32-69-52)49(62)42-12-8-13-43(28-42)68-33-67-27-26-66-25-23-57-51(64)41-21-17-38(18-22-41)31-61-35(2)44(30-55)47(36(61)3)39-19-15-37(29-54)16-20-39/h8,12-13,15-22,28,32,34,40,46,48,56H,5-7,9-11,14,23-27,31,33H2,1-4H3,(H,57,64)(H,59,63)/t34?,46-,48-/m0/s1. The summed E-state index contributed by atoms with van der Waals surface area (Å²) in [4.78, 5) is 60.2. The first kappa shape index (κ1) is 50.2. The SMILES string of the molecule is CNC(C)C(=O)N[C@H](C(=O)N1CCC[C@H]1c1nc(C(=O)c2cccc(OCOCCOCCNC(=O)c3ccc(Cn4c(C)c(C#N)c(-c5ccc(C#N)cc5)c4C)cc3)c2)cs1)C1CCCCC1. The van der Waals surface area contributed by atoms with Crippen LogP contribution in [0.3, 0.4) is 0 Å². The minimum atomic E-state index is -0.593. The van der Waals surface area contributed by atoms with Crippen LogP contribution in [0, 0.1) is 42.4 Å². The summed E-state index contributed by atoms with van der Waals surface area (Å²) in [6.45, 7) is 7.88. The summed E-state index contributed by atoms with van der Waals surface area (Å²) in [5.41, 5.74) is 6.90. The second-order valence-corrected chi connectivity index (χ2v) is 18.4. The van der Waals surface area contributed by atoms with E-state index in [0.717, 1.165) is 73.0 Å². The van der Waals surface area contributed by atoms with Gasteiger partial charge in [-0.05, 0) is 107 Å². The smallest absolute Gasteiger partial charge is 0.251 e. The number of carbonyl (C=O) groups excluding carboxylic acids is 4. The number of nitrogens with zero attached hydrogens (tertiary/aromatic N) is 5. The molecule has 1 aliphatic carbocycles. The molecule has 2 aromatic heterocycles. The van der Waals surface area contributed by atoms with E-state index >= 15 is 0 Å². The third-order valence-corrected chi connectivity index (χ3v) is 14.1. The van der Waals surface area contributed by atoms with Crippen LogP contribution in [0.5, 0.6) is 5.75 Å². The van der Waals surface area contributed by atoms with Gasteiger partial charge in [0.1, 0.15) is 28.6 Å². The molecule has 3 atom stereocenters. The Hall–Kier alpha value is -6.69. The number of ether oxygens (including phenoxy) is 3. The number of carbonyl (C=O) groups is 4. The van der Waals surface area contributed by atoms with Gasteiger partial charge in [-0.25, -0.2) is 4.98 Å². The van der Waals surface area contributed by atoms with Gasteiger partial charge in [0.25, 0.3) is 5.91 Å². The van der Waals surface area contributed by atoms with Crippen molar-refractivity contribution < 1.29 is 33.4 Å². The molecular formula is C53H60N8O7S. The number of thiazole rings is 1. The minimum Gasteiger partial charge on any atom is -0.468 e. The van der Waals surface area contributed by atoms with Gasteiger partial charge < -0.3 is 39.6 Å². The number of hydrogen-bond donors (Lipinski definition) is 3. The third kappa shape index (κ3) is 12.3. The molecule has 360 valence electrons. The Balaban J connectivity index is 0.817. The molecule has 0 radical (unpaired) electrons. The highest BCUT2D eigenvalue weighted by Gasteiger charge is 2.40. The second kappa shape index (κ2) is 24.0. The van der Waals surface area contributed by atoms with Crippen molar-refractivity contribution in [3.8, 4) is 29.0 Å². The van der Waals surface area contributed by atoms with E-state index in [2.05, 4.69) is 32.7 Å². The van der Waals surface area contributed by atoms with Gasteiger partial charge >= 0.3 is 0 Å². The van der Waals surface area contributed by atoms with Crippen LogP contribution >= 0.6 is 11.3 Å². The van der Waals surface area contributed by atoms with Crippen LogP contribution in [0.4, 0.5) is 0 Å². The number of nitrogens with one attached hydrogen (secondary N) is 3. The van der Waals surface area contributed by atoms with Crippen molar-refractivity contribution in [1.29, 1.82) is 10.5 Å². The maximum Gasteiger partial charge on any atom is 0.251 e. The lowest BCUT2D eigenvalue weighted by Crippen LogP contribution is -2.55. The molecule has 69 heavy (non-hydrogen) atoms. The van der Waals surface area contributed by atoms with Crippen LogP contribution in [-0.4, -0.2) is 96.8 Å². The summed E-state index contributed by atoms with van der Waals surface area (Å²) in [5, 5.41) is 30.6. The van der Waals surface area contributed by atoms with Gasteiger partial charge in [0, 0.05) is 53.1 Å². The quantitative estimate of drug-likeness (QED) is 0.0376. The summed E-state index contributed by atoms with van der Waals surface area (Å²) in [6, 6.07) is 24.6. The number of likely N-dealkylation sites (tertiary alicyclic amines) is 1. The average molecular weight is 953 g/mol. The molecule has 3 heterocycles. The zero-order chi connectivity index (χ0) is 48.9. The van der Waals surface area contributed by atoms with E-state index in [0.29, 0.717) is 58.3 Å². The van der Waals surface area contributed by atoms with Crippen molar-refractivity contribution in [1.82, 2.24) is 30.4 Å². The van der Waals surface area contributed by atoms with Crippen LogP contribution in [0.15, 0.2) is 78.2 Å². The Morgan fingerprint density at radius 2 is 1.62 bits per heavy atom. The van der Waals surface area contributed by atoms with Gasteiger partial charge in [-0.1, -0.05) is 55.7 Å². The van der Waals surface area contributed by atoms with Gasteiger partial charge in [0.15, 0.2) is 6.79 Å². The topological polar surface area (TPSA) is 201 Å². The number of benzene rings is 3. The van der Waals surface area contributed by atoms with Crippen LogP contribution < -0.4 is 20.7 Å². The lowest BCUT2D eigenvalue weighted by atomic mass is 9.83. The van der Waals surface area contributed by atoms with E-state index in [1.807, 2.05) is 43.0 Å². The first-order chi connectivity index (χ1) is 33.5. The van der Waals surface area contributed by atoms with Crippen molar-refractivity contribution in [3.63, 3.8) is 0 Å². The predicted molar refractivity (Wildman–Crippen MR) is 262 cm³/mol. The summed E-state index contributed by atoms with van der Waals surface area (Å²) < 4.78 is 19.1. The van der Waals surface area contributed by atoms with E-state index in [-0.39, 0.29) is 62.1 Å². The first-order valence-electron chi connectivity index (χ1n) is 23.6. The second-order valence-electron chi connectivity index (χ2n) is 17.6. The molecule has 0 spiro atoms. The zero-order valence-electron chi connectivity index (χ0n) is 39.7. The van der Waals surface area contributed by atoms with Gasteiger partial charge in [-0.2, -0.15) is 10.5 Å². The molecule has 15 nitrogen and oxygen atoms in total. The molecule has 1 unspecified atom stereocenters. The fourth-order valence-electron chi connectivity index (χ4n) is 9.14. The molecule has 5 aromatic rings. The summed E-state index contributed by atoms with van der Waals surface area (Å²) in [7, 11) is 1.73. The molecule has 3 amide bonds. The molecule has 1 saturated heterocycles. The highest BCUT2D eigenvalue weighted by molar-refractivity contribution is 7.10. The van der Waals surface area contributed by atoms with Crippen LogP contribution in [0.1, 0.15) is 117 Å². The zero-order valence-corrected chi connectivity index (χ0v) is 40.5. The highest BCUT2D eigenvalue weighted by atomic mass is 32.1. The van der Waals surface area contributed by atoms with Crippen molar-refractivity contribution >= 4 is 34.8 Å². The Bertz CT molecular complexity index is 2680. The number of rotatable bonds is 21. The Morgan fingerprint density at radius 1 is 0.870 bits per heavy atom. The molecule has 1 saturated carbocycles. The molecular weight excluding hydrogens is 893 g/mol. The maximum absolute atomic E-state index is 14.2. The lowest BCUT2D eigenvalue weighted by molar-refractivity contribution is -0.139. The fraction of sp³-hybridized carbons (Fsp3) is 0.415. The number of ketones is 1. The number of nitriles is 2. The van der Waals surface area contributed by atoms with E-state index in [9.17, 15) is 29.7 Å². The minimum absolute atomic E-state index is 0.0580. The molecule has 2 aliphatic rings. The highest BCUT2D eigenvalue weighted by Crippen LogP contribution is 2.37. The largest absolute Gasteiger partial charge is 0.468 e. The van der Waals surface area contributed by atoms with E-state index in [4.69, 9.17) is 19.2 Å². The van der Waals surface area contributed by atoms with Crippen molar-refractivity contribution in [2.45, 2.75) is 90.4 Å². The number of aromatic nitrogens is 2. The molecule has 16 heteroatoms. The maximum atomic E-state index is 14.2. The molecule has 3 N–H and O–H groups in total. The summed E-state index contributed by atoms with van der Waals surface area (Å²) in [6.07, 6.45) is 6.59. The van der Waals surface area contributed by atoms with Gasteiger partial charge in [0.05, 0.1) is 49.1 Å². The first-order valence-corrected chi connectivity index (χ1v) is 24.5. The molecule has 2 fully saturated rings. The molecule has 7 rings (SSSR count). The molecule has 0 bridgehead atoms. The summed E-state index contributed by atoms with van der Waals surface area (Å²) in [5.74, 6) is -0.186. The summed E-state index contributed by atoms with van der Waals surface area (Å²) >= 11 is 1.37. The third-order valence-electron chi connectivity index (χ3n) is 13.2. The molecule has 1 aliphatic heterocycles. The predicted octanol–water partition coefficient (Wildman–Crippen LogP) is 7.39. The number of likely N-dealkylation sites (N-methyl/N-ethyl adjacent to an activating group) is 1. The van der Waals surface area contributed by atoms with Gasteiger partial charge in [-0.15, -0.1) is 11.3 Å². The Morgan fingerprint density at radius 3 is 2.35 bits per heavy atom. The normalized spacial score (nSPS) is 15.7. The Labute approximate surface area is 407 Å². The Kier molecular flexibility index (Phi) is 17.5. The van der Waals surface area contributed by atoms with Gasteiger partial charge in [0.2, 0.25) is 17.6 Å². The average Bonchev–Trinajstić information content (AvgIpc) is 4.13.